The molecule has 9 heteroatoms. The number of nitrogens with one attached hydrogen (secondary N) is 1. The number of hydrogen-bond donors (Lipinski definition) is 1. The molecule has 0 atom stereocenters. The number of hydrogen-bond acceptors (Lipinski definition) is 5. The van der Waals surface area contributed by atoms with Crippen LogP contribution in [-0.2, 0) is 16.2 Å². The molecule has 0 spiro atoms. The van der Waals surface area contributed by atoms with Crippen molar-refractivity contribution in [2.75, 3.05) is 12.0 Å². The van der Waals surface area contributed by atoms with Crippen LogP contribution in [0.1, 0.15) is 11.1 Å². The number of ether oxygens (including phenoxy) is 2. The van der Waals surface area contributed by atoms with Crippen LogP contribution in [0.2, 0.25) is 5.02 Å². The Balaban J connectivity index is 1.44. The first-order valence-electron chi connectivity index (χ1n) is 11.5. The van der Waals surface area contributed by atoms with Crippen LogP contribution in [0.5, 0.6) is 11.5 Å². The lowest BCUT2D eigenvalue weighted by molar-refractivity contribution is -0.122. The first kappa shape index (κ1) is 25.9. The second kappa shape index (κ2) is 10.9. The third-order valence-corrected chi connectivity index (χ3v) is 7.13. The molecule has 4 aromatic carbocycles. The molecule has 1 aliphatic heterocycles. The molecule has 0 aliphatic carbocycles. The molecule has 0 unspecified atom stereocenters. The molecule has 0 aromatic heterocycles. The number of rotatable bonds is 6. The minimum atomic E-state index is -0.586. The zero-order valence-electron chi connectivity index (χ0n) is 20.0. The summed E-state index contributed by atoms with van der Waals surface area (Å²) in [5, 5.41) is 5.33. The molecule has 0 radical (unpaired) electrons. The molecule has 38 heavy (non-hydrogen) atoms. The fraction of sp³-hybridized carbons (Fsp3) is 0.0690. The standard InChI is InChI=1S/C29H20BrClN2O4S/c1-36-25-15-17(13-23-27(34)32-29(38)33(28(23)35)21-11-9-20(31)10-12-21)14-24(30)26(25)37-16-19-7-4-6-18-5-2-3-8-22(18)19/h2-15H,16H2,1H3,(H,32,34,38)/b23-13+. The Labute approximate surface area is 237 Å². The van der Waals surface area contributed by atoms with Crippen LogP contribution >= 0.6 is 39.7 Å². The Morgan fingerprint density at radius 3 is 2.53 bits per heavy atom. The summed E-state index contributed by atoms with van der Waals surface area (Å²) in [7, 11) is 1.53. The first-order valence-corrected chi connectivity index (χ1v) is 13.1. The van der Waals surface area contributed by atoms with Crippen LogP contribution in [0.4, 0.5) is 5.69 Å². The first-order chi connectivity index (χ1) is 18.4. The van der Waals surface area contributed by atoms with Crippen LogP contribution in [0, 0.1) is 0 Å². The van der Waals surface area contributed by atoms with Gasteiger partial charge in [0.1, 0.15) is 12.2 Å². The highest BCUT2D eigenvalue weighted by Crippen LogP contribution is 2.38. The van der Waals surface area contributed by atoms with E-state index < -0.39 is 11.8 Å². The molecule has 1 N–H and O–H groups in total. The molecule has 6 nitrogen and oxygen atoms in total. The minimum absolute atomic E-state index is 0.00424. The smallest absolute Gasteiger partial charge is 0.270 e. The van der Waals surface area contributed by atoms with Gasteiger partial charge < -0.3 is 9.47 Å². The van der Waals surface area contributed by atoms with Crippen molar-refractivity contribution in [1.29, 1.82) is 0 Å². The van der Waals surface area contributed by atoms with Crippen molar-refractivity contribution in [2.24, 2.45) is 0 Å². The maximum Gasteiger partial charge on any atom is 0.270 e. The molecule has 4 aromatic rings. The van der Waals surface area contributed by atoms with Gasteiger partial charge in [-0.1, -0.05) is 54.1 Å². The number of halogens is 2. The number of amides is 2. The van der Waals surface area contributed by atoms with Crippen LogP contribution < -0.4 is 19.7 Å². The Kier molecular flexibility index (Phi) is 7.46. The number of benzene rings is 4. The monoisotopic (exact) mass is 606 g/mol. The number of fused-ring (bicyclic) bond motifs is 1. The van der Waals surface area contributed by atoms with Crippen molar-refractivity contribution in [3.05, 3.63) is 105 Å². The number of thiocarbonyl (C=S) groups is 1. The summed E-state index contributed by atoms with van der Waals surface area (Å²) in [5.74, 6) is -0.185. The number of carbonyl (C=O) groups excluding carboxylic acids is 2. The van der Waals surface area contributed by atoms with Crippen LogP contribution in [0.15, 0.2) is 88.9 Å². The van der Waals surface area contributed by atoms with Gasteiger partial charge in [0.25, 0.3) is 11.8 Å². The van der Waals surface area contributed by atoms with Gasteiger partial charge in [-0.3, -0.25) is 19.8 Å². The summed E-state index contributed by atoms with van der Waals surface area (Å²) in [5.41, 5.74) is 2.01. The molecule has 1 saturated heterocycles. The fourth-order valence-corrected chi connectivity index (χ4v) is 5.16. The van der Waals surface area contributed by atoms with Crippen molar-refractivity contribution in [3.63, 3.8) is 0 Å². The summed E-state index contributed by atoms with van der Waals surface area (Å²) in [6, 6.07) is 24.2. The van der Waals surface area contributed by atoms with E-state index in [1.165, 1.54) is 18.1 Å². The molecule has 2 amide bonds. The van der Waals surface area contributed by atoms with Gasteiger partial charge in [-0.25, -0.2) is 0 Å². The van der Waals surface area contributed by atoms with E-state index in [0.717, 1.165) is 16.3 Å². The summed E-state index contributed by atoms with van der Waals surface area (Å²) < 4.78 is 12.4. The van der Waals surface area contributed by atoms with Crippen molar-refractivity contribution in [2.45, 2.75) is 6.61 Å². The van der Waals surface area contributed by atoms with E-state index in [1.54, 1.807) is 36.4 Å². The van der Waals surface area contributed by atoms with E-state index in [2.05, 4.69) is 39.4 Å². The van der Waals surface area contributed by atoms with E-state index in [4.69, 9.17) is 33.3 Å². The average molecular weight is 608 g/mol. The summed E-state index contributed by atoms with van der Waals surface area (Å²) >= 11 is 14.8. The normalized spacial score (nSPS) is 14.7. The highest BCUT2D eigenvalue weighted by molar-refractivity contribution is 9.10. The number of methoxy groups -OCH3 is 1. The van der Waals surface area contributed by atoms with Gasteiger partial charge in [0.05, 0.1) is 17.3 Å². The fourth-order valence-electron chi connectivity index (χ4n) is 4.18. The third kappa shape index (κ3) is 5.15. The van der Waals surface area contributed by atoms with Gasteiger partial charge >= 0.3 is 0 Å². The lowest BCUT2D eigenvalue weighted by atomic mass is 10.1. The Morgan fingerprint density at radius 1 is 1.03 bits per heavy atom. The van der Waals surface area contributed by atoms with Gasteiger partial charge in [0, 0.05) is 5.02 Å². The average Bonchev–Trinajstić information content (AvgIpc) is 2.91. The Hall–Kier alpha value is -3.72. The van der Waals surface area contributed by atoms with E-state index in [9.17, 15) is 9.59 Å². The molecular formula is C29H20BrClN2O4S. The van der Waals surface area contributed by atoms with Crippen molar-refractivity contribution in [1.82, 2.24) is 5.32 Å². The Morgan fingerprint density at radius 2 is 1.76 bits per heavy atom. The van der Waals surface area contributed by atoms with Crippen LogP contribution in [0.3, 0.4) is 0 Å². The zero-order valence-corrected chi connectivity index (χ0v) is 23.2. The molecule has 0 bridgehead atoms. The zero-order chi connectivity index (χ0) is 26.8. The third-order valence-electron chi connectivity index (χ3n) is 6.00. The van der Waals surface area contributed by atoms with Crippen LogP contribution in [-0.4, -0.2) is 24.0 Å². The topological polar surface area (TPSA) is 67.9 Å². The van der Waals surface area contributed by atoms with E-state index >= 15 is 0 Å². The molecule has 1 aliphatic rings. The minimum Gasteiger partial charge on any atom is -0.493 e. The lowest BCUT2D eigenvalue weighted by Gasteiger charge is -2.29. The summed E-state index contributed by atoms with van der Waals surface area (Å²) in [6.07, 6.45) is 1.49. The molecular weight excluding hydrogens is 588 g/mol. The van der Waals surface area contributed by atoms with E-state index in [1.807, 2.05) is 24.3 Å². The van der Waals surface area contributed by atoms with Gasteiger partial charge in [0.2, 0.25) is 0 Å². The van der Waals surface area contributed by atoms with Gasteiger partial charge in [-0.2, -0.15) is 0 Å². The van der Waals surface area contributed by atoms with Gasteiger partial charge in [-0.05, 0) is 92.5 Å². The molecule has 5 rings (SSSR count). The highest BCUT2D eigenvalue weighted by Gasteiger charge is 2.34. The van der Waals surface area contributed by atoms with Crippen molar-refractivity contribution < 1.29 is 19.1 Å². The predicted octanol–water partition coefficient (Wildman–Crippen LogP) is 6.67. The lowest BCUT2D eigenvalue weighted by Crippen LogP contribution is -2.54. The molecule has 0 saturated carbocycles. The number of anilines is 1. The van der Waals surface area contributed by atoms with E-state index in [-0.39, 0.29) is 10.7 Å². The molecule has 1 fully saturated rings. The Bertz CT molecular complexity index is 1620. The predicted molar refractivity (Wildman–Crippen MR) is 157 cm³/mol. The number of nitrogens with zero attached hydrogens (tertiary/aromatic N) is 1. The SMILES string of the molecule is COc1cc(/C=C2\C(=O)NC(=S)N(c3ccc(Cl)cc3)C2=O)cc(Br)c1OCc1cccc2ccccc12. The second-order valence-electron chi connectivity index (χ2n) is 8.40. The second-order valence-corrected chi connectivity index (χ2v) is 10.1. The quantitative estimate of drug-likeness (QED) is 0.151. The maximum atomic E-state index is 13.3. The van der Waals surface area contributed by atoms with Crippen LogP contribution in [0.25, 0.3) is 16.8 Å². The largest absolute Gasteiger partial charge is 0.493 e. The highest BCUT2D eigenvalue weighted by atomic mass is 79.9. The van der Waals surface area contributed by atoms with Gasteiger partial charge in [0.15, 0.2) is 16.6 Å². The summed E-state index contributed by atoms with van der Waals surface area (Å²) in [4.78, 5) is 27.3. The van der Waals surface area contributed by atoms with Crippen molar-refractivity contribution >= 4 is 79.2 Å². The van der Waals surface area contributed by atoms with E-state index in [0.29, 0.717) is 38.9 Å². The number of carbonyl (C=O) groups is 2. The maximum absolute atomic E-state index is 13.3. The van der Waals surface area contributed by atoms with Gasteiger partial charge in [-0.15, -0.1) is 0 Å². The molecule has 190 valence electrons. The summed E-state index contributed by atoms with van der Waals surface area (Å²) in [6.45, 7) is 0.325. The molecule has 1 heterocycles. The van der Waals surface area contributed by atoms with Crippen molar-refractivity contribution in [3.8, 4) is 11.5 Å².